The van der Waals surface area contributed by atoms with Gasteiger partial charge in [0.25, 0.3) is 0 Å². The number of urea groups is 1. The normalized spacial score (nSPS) is 21.5. The number of aromatic nitrogens is 1. The van der Waals surface area contributed by atoms with E-state index in [2.05, 4.69) is 17.4 Å². The maximum Gasteiger partial charge on any atom is 0.318 e. The van der Waals surface area contributed by atoms with Crippen LogP contribution in [-0.4, -0.2) is 40.7 Å². The average Bonchev–Trinajstić information content (AvgIpc) is 3.31. The number of amides is 2. The number of aryl methyl sites for hydroxylation is 1. The lowest BCUT2D eigenvalue weighted by molar-refractivity contribution is -0.145. The van der Waals surface area contributed by atoms with Gasteiger partial charge in [-0.1, -0.05) is 31.3 Å². The molecule has 1 saturated carbocycles. The van der Waals surface area contributed by atoms with Gasteiger partial charge >= 0.3 is 12.0 Å². The summed E-state index contributed by atoms with van der Waals surface area (Å²) in [6, 6.07) is 1.82. The summed E-state index contributed by atoms with van der Waals surface area (Å²) in [4.78, 5) is 27.2. The van der Waals surface area contributed by atoms with Gasteiger partial charge in [-0.15, -0.1) is 0 Å². The van der Waals surface area contributed by atoms with Gasteiger partial charge in [-0.3, -0.25) is 4.79 Å². The molecule has 1 aromatic rings. The number of carbonyl (C=O) groups excluding carboxylic acids is 2. The van der Waals surface area contributed by atoms with Crippen molar-refractivity contribution >= 4 is 12.0 Å². The van der Waals surface area contributed by atoms with Gasteiger partial charge < -0.3 is 19.5 Å². The Balaban J connectivity index is 1.70. The molecule has 7 heteroatoms. The Labute approximate surface area is 167 Å². The second kappa shape index (κ2) is 9.43. The minimum Gasteiger partial charge on any atom is -0.466 e. The highest BCUT2D eigenvalue weighted by Crippen LogP contribution is 2.35. The van der Waals surface area contributed by atoms with E-state index >= 15 is 0 Å². The van der Waals surface area contributed by atoms with Crippen molar-refractivity contribution < 1.29 is 18.8 Å². The molecule has 0 aromatic carbocycles. The first kappa shape index (κ1) is 20.7. The largest absolute Gasteiger partial charge is 0.466 e. The topological polar surface area (TPSA) is 84.7 Å². The van der Waals surface area contributed by atoms with E-state index in [0.717, 1.165) is 69.2 Å². The molecule has 0 radical (unpaired) electrons. The zero-order valence-corrected chi connectivity index (χ0v) is 17.2. The van der Waals surface area contributed by atoms with Crippen molar-refractivity contribution in [2.45, 2.75) is 89.6 Å². The van der Waals surface area contributed by atoms with Crippen molar-refractivity contribution in [1.82, 2.24) is 15.4 Å². The quantitative estimate of drug-likeness (QED) is 0.707. The van der Waals surface area contributed by atoms with E-state index in [1.54, 1.807) is 0 Å². The molecule has 1 aliphatic carbocycles. The number of ether oxygens (including phenoxy) is 1. The average molecular weight is 392 g/mol. The number of likely N-dealkylation sites (tertiary alicyclic amines) is 1. The van der Waals surface area contributed by atoms with Gasteiger partial charge in [0.2, 0.25) is 0 Å². The van der Waals surface area contributed by atoms with Crippen LogP contribution in [0.25, 0.3) is 0 Å². The zero-order chi connectivity index (χ0) is 20.0. The van der Waals surface area contributed by atoms with Crippen LogP contribution >= 0.6 is 0 Å². The molecule has 2 heterocycles. The van der Waals surface area contributed by atoms with Crippen LogP contribution in [0.2, 0.25) is 0 Å². The summed E-state index contributed by atoms with van der Waals surface area (Å²) < 4.78 is 10.6. The van der Waals surface area contributed by atoms with E-state index in [9.17, 15) is 9.59 Å². The van der Waals surface area contributed by atoms with Gasteiger partial charge in [0.05, 0.1) is 24.6 Å². The third-order valence-electron chi connectivity index (χ3n) is 5.90. The van der Waals surface area contributed by atoms with Crippen LogP contribution in [0.1, 0.15) is 89.1 Å². The summed E-state index contributed by atoms with van der Waals surface area (Å²) in [5.74, 6) is 0.638. The van der Waals surface area contributed by atoms with Gasteiger partial charge in [0, 0.05) is 19.0 Å². The first-order valence-corrected chi connectivity index (χ1v) is 10.8. The standard InChI is InChI=1S/C21H33N3O4/c1-3-9-16-14-17(23-28-16)18-10-8-13-24(18)20(26)22-21(11-6-5-7-12-21)15-19(25)27-4-2/h14,18H,3-13,15H2,1-2H3,(H,22,26)/t18-/m0/s1. The van der Waals surface area contributed by atoms with Crippen LogP contribution in [0.15, 0.2) is 10.6 Å². The van der Waals surface area contributed by atoms with Crippen LogP contribution in [0.4, 0.5) is 4.79 Å². The van der Waals surface area contributed by atoms with Crippen LogP contribution in [0.5, 0.6) is 0 Å². The molecule has 156 valence electrons. The predicted octanol–water partition coefficient (Wildman–Crippen LogP) is 4.13. The molecule has 0 spiro atoms. The van der Waals surface area contributed by atoms with Gasteiger partial charge in [0.1, 0.15) is 11.5 Å². The van der Waals surface area contributed by atoms with E-state index in [0.29, 0.717) is 13.2 Å². The molecule has 2 fully saturated rings. The molecule has 2 amide bonds. The highest BCUT2D eigenvalue weighted by Gasteiger charge is 2.40. The molecule has 0 bridgehead atoms. The van der Waals surface area contributed by atoms with Crippen LogP contribution in [-0.2, 0) is 16.0 Å². The third kappa shape index (κ3) is 4.86. The van der Waals surface area contributed by atoms with Crippen molar-refractivity contribution in [3.8, 4) is 0 Å². The number of rotatable bonds is 7. The Morgan fingerprint density at radius 1 is 1.29 bits per heavy atom. The summed E-state index contributed by atoms with van der Waals surface area (Å²) in [7, 11) is 0. The highest BCUT2D eigenvalue weighted by molar-refractivity contribution is 5.78. The predicted molar refractivity (Wildman–Crippen MR) is 105 cm³/mol. The molecule has 1 atom stereocenters. The lowest BCUT2D eigenvalue weighted by Crippen LogP contribution is -2.55. The maximum absolute atomic E-state index is 13.2. The molecule has 28 heavy (non-hydrogen) atoms. The number of hydrogen-bond donors (Lipinski definition) is 1. The van der Waals surface area contributed by atoms with Gasteiger partial charge in [-0.2, -0.15) is 0 Å². The van der Waals surface area contributed by atoms with Gasteiger partial charge in [-0.05, 0) is 39.0 Å². The first-order chi connectivity index (χ1) is 13.6. The molecule has 2 aliphatic rings. The molecule has 1 aromatic heterocycles. The van der Waals surface area contributed by atoms with Crippen molar-refractivity contribution in [2.24, 2.45) is 0 Å². The van der Waals surface area contributed by atoms with E-state index in [4.69, 9.17) is 9.26 Å². The fourth-order valence-corrected chi connectivity index (χ4v) is 4.53. The van der Waals surface area contributed by atoms with Gasteiger partial charge in [-0.25, -0.2) is 4.79 Å². The molecule has 1 saturated heterocycles. The molecule has 1 N–H and O–H groups in total. The lowest BCUT2D eigenvalue weighted by Gasteiger charge is -2.39. The molecule has 3 rings (SSSR count). The number of carbonyl (C=O) groups is 2. The monoisotopic (exact) mass is 391 g/mol. The molecule has 0 unspecified atom stereocenters. The van der Waals surface area contributed by atoms with E-state index in [-0.39, 0.29) is 24.5 Å². The fourth-order valence-electron chi connectivity index (χ4n) is 4.53. The first-order valence-electron chi connectivity index (χ1n) is 10.8. The number of esters is 1. The van der Waals surface area contributed by atoms with E-state index in [1.807, 2.05) is 17.9 Å². The van der Waals surface area contributed by atoms with Crippen molar-refractivity contribution in [3.05, 3.63) is 17.5 Å². The number of nitrogens with one attached hydrogen (secondary N) is 1. The summed E-state index contributed by atoms with van der Waals surface area (Å²) in [6.45, 7) is 4.97. The van der Waals surface area contributed by atoms with Crippen molar-refractivity contribution in [1.29, 1.82) is 0 Å². The molecule has 1 aliphatic heterocycles. The maximum atomic E-state index is 13.2. The third-order valence-corrected chi connectivity index (χ3v) is 5.90. The summed E-state index contributed by atoms with van der Waals surface area (Å²) >= 11 is 0. The fraction of sp³-hybridized carbons (Fsp3) is 0.762. The minimum absolute atomic E-state index is 0.0578. The summed E-state index contributed by atoms with van der Waals surface area (Å²) in [5.41, 5.74) is 0.338. The Hall–Kier alpha value is -2.05. The summed E-state index contributed by atoms with van der Waals surface area (Å²) in [5, 5.41) is 7.44. The van der Waals surface area contributed by atoms with Gasteiger partial charge in [0.15, 0.2) is 0 Å². The molecule has 7 nitrogen and oxygen atoms in total. The Kier molecular flexibility index (Phi) is 6.97. The Morgan fingerprint density at radius 3 is 2.79 bits per heavy atom. The second-order valence-corrected chi connectivity index (χ2v) is 8.07. The number of nitrogens with zero attached hydrogens (tertiary/aromatic N) is 2. The Bertz CT molecular complexity index is 666. The zero-order valence-electron chi connectivity index (χ0n) is 17.2. The van der Waals surface area contributed by atoms with Crippen molar-refractivity contribution in [3.63, 3.8) is 0 Å². The minimum atomic E-state index is -0.494. The lowest BCUT2D eigenvalue weighted by atomic mass is 9.79. The Morgan fingerprint density at radius 2 is 2.07 bits per heavy atom. The molecular formula is C21H33N3O4. The van der Waals surface area contributed by atoms with Crippen LogP contribution in [0, 0.1) is 0 Å². The number of hydrogen-bond acceptors (Lipinski definition) is 5. The smallest absolute Gasteiger partial charge is 0.318 e. The SMILES string of the molecule is CCCc1cc([C@@H]2CCCN2C(=O)NC2(CC(=O)OCC)CCCCC2)no1. The highest BCUT2D eigenvalue weighted by atomic mass is 16.5. The van der Waals surface area contributed by atoms with Crippen LogP contribution in [0.3, 0.4) is 0 Å². The summed E-state index contributed by atoms with van der Waals surface area (Å²) in [6.07, 6.45) is 8.76. The molecular weight excluding hydrogens is 358 g/mol. The van der Waals surface area contributed by atoms with E-state index < -0.39 is 5.54 Å². The van der Waals surface area contributed by atoms with E-state index in [1.165, 1.54) is 0 Å². The second-order valence-electron chi connectivity index (χ2n) is 8.07. The van der Waals surface area contributed by atoms with Crippen molar-refractivity contribution in [2.75, 3.05) is 13.2 Å². The van der Waals surface area contributed by atoms with Crippen LogP contribution < -0.4 is 5.32 Å².